The van der Waals surface area contributed by atoms with Gasteiger partial charge in [0.15, 0.2) is 0 Å². The number of rotatable bonds is 6. The van der Waals surface area contributed by atoms with Gasteiger partial charge in [0.1, 0.15) is 6.04 Å². The van der Waals surface area contributed by atoms with E-state index in [-0.39, 0.29) is 6.61 Å². The summed E-state index contributed by atoms with van der Waals surface area (Å²) in [6.07, 6.45) is 2.39. The number of hydrogen-bond donors (Lipinski definition) is 2. The van der Waals surface area contributed by atoms with Gasteiger partial charge in [-0.15, -0.1) is 0 Å². The van der Waals surface area contributed by atoms with Crippen molar-refractivity contribution in [1.82, 2.24) is 5.32 Å². The lowest BCUT2D eigenvalue weighted by molar-refractivity contribution is -0.140. The molecule has 13 heavy (non-hydrogen) atoms. The van der Waals surface area contributed by atoms with Crippen LogP contribution in [0.4, 0.5) is 0 Å². The Kier molecular flexibility index (Phi) is 3.27. The Morgan fingerprint density at radius 1 is 1.69 bits per heavy atom. The molecule has 0 radical (unpaired) electrons. The van der Waals surface area contributed by atoms with E-state index in [9.17, 15) is 4.79 Å². The highest BCUT2D eigenvalue weighted by atomic mass is 16.5. The number of carboxylic acids is 1. The van der Waals surface area contributed by atoms with E-state index in [0.29, 0.717) is 5.41 Å². The van der Waals surface area contributed by atoms with E-state index in [1.807, 2.05) is 0 Å². The normalized spacial score (nSPS) is 21.1. The molecule has 0 aromatic carbocycles. The van der Waals surface area contributed by atoms with Gasteiger partial charge >= 0.3 is 5.97 Å². The molecule has 0 heterocycles. The van der Waals surface area contributed by atoms with E-state index in [2.05, 4.69) is 12.2 Å². The van der Waals surface area contributed by atoms with Gasteiger partial charge in [-0.1, -0.05) is 6.92 Å². The summed E-state index contributed by atoms with van der Waals surface area (Å²) in [4.78, 5) is 10.7. The molecular weight excluding hydrogens is 170 g/mol. The lowest BCUT2D eigenvalue weighted by atomic mass is 10.1. The molecular formula is C9H17NO3. The molecule has 4 heteroatoms. The molecule has 1 fully saturated rings. The van der Waals surface area contributed by atoms with E-state index < -0.39 is 12.0 Å². The second-order valence-electron chi connectivity index (χ2n) is 4.04. The van der Waals surface area contributed by atoms with Crippen LogP contribution in [0.1, 0.15) is 19.8 Å². The Morgan fingerprint density at radius 3 is 2.69 bits per heavy atom. The van der Waals surface area contributed by atoms with Crippen LogP contribution in [0.25, 0.3) is 0 Å². The molecule has 1 saturated carbocycles. The summed E-state index contributed by atoms with van der Waals surface area (Å²) < 4.78 is 4.81. The average molecular weight is 187 g/mol. The number of carbonyl (C=O) groups is 1. The maximum atomic E-state index is 10.7. The predicted octanol–water partition coefficient (Wildman–Crippen LogP) is 0.476. The standard InChI is InChI=1S/C9H17NO3/c1-9(3-4-9)6-10-7(5-13-2)8(11)12/h7,10H,3-6H2,1-2H3,(H,11,12). The Labute approximate surface area is 78.3 Å². The van der Waals surface area contributed by atoms with E-state index in [0.717, 1.165) is 6.54 Å². The third-order valence-corrected chi connectivity index (χ3v) is 2.51. The molecule has 1 atom stereocenters. The van der Waals surface area contributed by atoms with Gasteiger partial charge in [-0.3, -0.25) is 4.79 Å². The van der Waals surface area contributed by atoms with Gasteiger partial charge in [0, 0.05) is 13.7 Å². The molecule has 2 N–H and O–H groups in total. The summed E-state index contributed by atoms with van der Waals surface area (Å²) in [5, 5.41) is 11.8. The van der Waals surface area contributed by atoms with Crippen LogP contribution in [0.5, 0.6) is 0 Å². The zero-order valence-electron chi connectivity index (χ0n) is 8.17. The largest absolute Gasteiger partial charge is 0.480 e. The number of hydrogen-bond acceptors (Lipinski definition) is 3. The molecule has 1 aliphatic carbocycles. The molecule has 0 amide bonds. The van der Waals surface area contributed by atoms with Gasteiger partial charge in [-0.2, -0.15) is 0 Å². The van der Waals surface area contributed by atoms with Crippen LogP contribution >= 0.6 is 0 Å². The van der Waals surface area contributed by atoms with Crippen LogP contribution in [-0.2, 0) is 9.53 Å². The highest BCUT2D eigenvalue weighted by molar-refractivity contribution is 5.73. The first-order valence-corrected chi connectivity index (χ1v) is 4.52. The summed E-state index contributed by atoms with van der Waals surface area (Å²) in [7, 11) is 1.51. The lowest BCUT2D eigenvalue weighted by Crippen LogP contribution is -2.42. The summed E-state index contributed by atoms with van der Waals surface area (Å²) in [5.41, 5.74) is 0.335. The van der Waals surface area contributed by atoms with Crippen molar-refractivity contribution in [2.45, 2.75) is 25.8 Å². The number of nitrogens with one attached hydrogen (secondary N) is 1. The van der Waals surface area contributed by atoms with Crippen LogP contribution in [-0.4, -0.2) is 37.4 Å². The number of aliphatic carboxylic acids is 1. The third-order valence-electron chi connectivity index (χ3n) is 2.51. The monoisotopic (exact) mass is 187 g/mol. The number of ether oxygens (including phenoxy) is 1. The minimum atomic E-state index is -0.842. The molecule has 0 spiro atoms. The van der Waals surface area contributed by atoms with Crippen molar-refractivity contribution in [3.63, 3.8) is 0 Å². The van der Waals surface area contributed by atoms with Crippen molar-refractivity contribution in [3.8, 4) is 0 Å². The quantitative estimate of drug-likeness (QED) is 0.635. The zero-order chi connectivity index (χ0) is 9.90. The zero-order valence-corrected chi connectivity index (χ0v) is 8.17. The van der Waals surface area contributed by atoms with Gasteiger partial charge in [0.05, 0.1) is 6.61 Å². The molecule has 0 aliphatic heterocycles. The van der Waals surface area contributed by atoms with E-state index >= 15 is 0 Å². The summed E-state index contributed by atoms with van der Waals surface area (Å²) in [6.45, 7) is 3.16. The van der Waals surface area contributed by atoms with Crippen LogP contribution in [0, 0.1) is 5.41 Å². The van der Waals surface area contributed by atoms with Gasteiger partial charge in [0.2, 0.25) is 0 Å². The maximum absolute atomic E-state index is 10.7. The first kappa shape index (κ1) is 10.5. The minimum Gasteiger partial charge on any atom is -0.480 e. The summed E-state index contributed by atoms with van der Waals surface area (Å²) >= 11 is 0. The first-order chi connectivity index (χ1) is 6.07. The van der Waals surface area contributed by atoms with E-state index in [1.54, 1.807) is 0 Å². The van der Waals surface area contributed by atoms with Gasteiger partial charge < -0.3 is 15.2 Å². The molecule has 1 rings (SSSR count). The Balaban J connectivity index is 2.25. The van der Waals surface area contributed by atoms with Crippen LogP contribution in [0.2, 0.25) is 0 Å². The molecule has 76 valence electrons. The Hall–Kier alpha value is -0.610. The smallest absolute Gasteiger partial charge is 0.323 e. The van der Waals surface area contributed by atoms with Gasteiger partial charge in [0.25, 0.3) is 0 Å². The second-order valence-corrected chi connectivity index (χ2v) is 4.04. The van der Waals surface area contributed by atoms with E-state index in [1.165, 1.54) is 20.0 Å². The van der Waals surface area contributed by atoms with Gasteiger partial charge in [-0.05, 0) is 18.3 Å². The van der Waals surface area contributed by atoms with E-state index in [4.69, 9.17) is 9.84 Å². The molecule has 4 nitrogen and oxygen atoms in total. The molecule has 0 saturated heterocycles. The number of carboxylic acid groups (broad SMARTS) is 1. The topological polar surface area (TPSA) is 58.6 Å². The Morgan fingerprint density at radius 2 is 2.31 bits per heavy atom. The molecule has 0 bridgehead atoms. The SMILES string of the molecule is COCC(NCC1(C)CC1)C(=O)O. The lowest BCUT2D eigenvalue weighted by Gasteiger charge is -2.16. The fourth-order valence-corrected chi connectivity index (χ4v) is 1.14. The van der Waals surface area contributed by atoms with Crippen molar-refractivity contribution >= 4 is 5.97 Å². The summed E-state index contributed by atoms with van der Waals surface area (Å²) in [6, 6.07) is -0.567. The molecule has 1 unspecified atom stereocenters. The van der Waals surface area contributed by atoms with Crippen molar-refractivity contribution in [1.29, 1.82) is 0 Å². The second kappa shape index (κ2) is 4.07. The minimum absolute atomic E-state index is 0.228. The first-order valence-electron chi connectivity index (χ1n) is 4.52. The summed E-state index contributed by atoms with van der Waals surface area (Å²) in [5.74, 6) is -0.842. The van der Waals surface area contributed by atoms with Crippen LogP contribution in [0.3, 0.4) is 0 Å². The fourth-order valence-electron chi connectivity index (χ4n) is 1.14. The molecule has 0 aromatic rings. The number of methoxy groups -OCH3 is 1. The van der Waals surface area contributed by atoms with Crippen molar-refractivity contribution in [2.75, 3.05) is 20.3 Å². The molecule has 0 aromatic heterocycles. The highest BCUT2D eigenvalue weighted by Crippen LogP contribution is 2.44. The maximum Gasteiger partial charge on any atom is 0.323 e. The van der Waals surface area contributed by atoms with Crippen LogP contribution in [0.15, 0.2) is 0 Å². The third kappa shape index (κ3) is 3.32. The average Bonchev–Trinajstić information content (AvgIpc) is 2.77. The molecule has 1 aliphatic rings. The Bertz CT molecular complexity index is 189. The van der Waals surface area contributed by atoms with Crippen molar-refractivity contribution in [2.24, 2.45) is 5.41 Å². The van der Waals surface area contributed by atoms with Crippen molar-refractivity contribution < 1.29 is 14.6 Å². The van der Waals surface area contributed by atoms with Gasteiger partial charge in [-0.25, -0.2) is 0 Å². The van der Waals surface area contributed by atoms with Crippen molar-refractivity contribution in [3.05, 3.63) is 0 Å². The fraction of sp³-hybridized carbons (Fsp3) is 0.889. The van der Waals surface area contributed by atoms with Crippen LogP contribution < -0.4 is 5.32 Å². The predicted molar refractivity (Wildman–Crippen MR) is 48.6 cm³/mol. The highest BCUT2D eigenvalue weighted by Gasteiger charge is 2.37.